The van der Waals surface area contributed by atoms with E-state index in [2.05, 4.69) is 0 Å². The minimum Gasteiger partial charge on any atom is -0.508 e. The Balaban J connectivity index is 0.599. The van der Waals surface area contributed by atoms with Gasteiger partial charge in [-0.1, -0.05) is 194 Å². The van der Waals surface area contributed by atoms with Crippen LogP contribution in [0.25, 0.3) is 0 Å². The molecule has 0 heterocycles. The molecule has 12 nitrogen and oxygen atoms in total. The number of ether oxygens (including phenoxy) is 4. The van der Waals surface area contributed by atoms with Crippen LogP contribution in [0.1, 0.15) is 118 Å². The van der Waals surface area contributed by atoms with Gasteiger partial charge in [0.15, 0.2) is 34.7 Å². The van der Waals surface area contributed by atoms with Gasteiger partial charge in [-0.05, 0) is 128 Å². The van der Waals surface area contributed by atoms with Crippen LogP contribution in [0.15, 0.2) is 267 Å². The van der Waals surface area contributed by atoms with Gasteiger partial charge in [0.05, 0.1) is 0 Å². The van der Waals surface area contributed by atoms with Gasteiger partial charge in [0.1, 0.15) is 77.2 Å². The molecule has 2 N–H and O–H groups in total. The molecule has 12 heteroatoms. The maximum Gasteiger partial charge on any atom is 0.186 e. The van der Waals surface area contributed by atoms with Gasteiger partial charge in [-0.3, -0.25) is 28.8 Å². The molecule has 0 amide bonds. The summed E-state index contributed by atoms with van der Waals surface area (Å²) < 4.78 is 24.8. The van der Waals surface area contributed by atoms with E-state index in [9.17, 15) is 39.0 Å². The smallest absolute Gasteiger partial charge is 0.186 e. The molecule has 0 aliphatic heterocycles. The fourth-order valence-corrected chi connectivity index (χ4v) is 13.0. The van der Waals surface area contributed by atoms with Crippen molar-refractivity contribution in [1.29, 1.82) is 0 Å². The number of fused-ring (bicyclic) bond motifs is 3. The van der Waals surface area contributed by atoms with Crippen LogP contribution >= 0.6 is 0 Å². The highest BCUT2D eigenvalue weighted by Gasteiger charge is 2.58. The molecular formula is C79H54O12. The topological polar surface area (TPSA) is 180 Å². The third kappa shape index (κ3) is 9.64. The van der Waals surface area contributed by atoms with Crippen molar-refractivity contribution in [3.63, 3.8) is 0 Å². The summed E-state index contributed by atoms with van der Waals surface area (Å²) in [5.74, 6) is 0.324. The summed E-state index contributed by atoms with van der Waals surface area (Å²) in [4.78, 5) is 85.9. The maximum atomic E-state index is 14.7. The average Bonchev–Trinajstić information content (AvgIpc) is 1.60. The highest BCUT2D eigenvalue weighted by atomic mass is 16.5. The first kappa shape index (κ1) is 57.0. The molecule has 0 atom stereocenters. The van der Waals surface area contributed by atoms with Crippen LogP contribution in [-0.4, -0.2) is 44.9 Å². The summed E-state index contributed by atoms with van der Waals surface area (Å²) in [6.45, 7) is 0.995. The summed E-state index contributed by atoms with van der Waals surface area (Å²) in [6, 6.07) is 76.6. The second-order valence-electron chi connectivity index (χ2n) is 22.8. The summed E-state index contributed by atoms with van der Waals surface area (Å²) in [5, 5.41) is 20.1. The number of benzene rings is 11. The standard InChI is InChI=1S/C79H54O12/c80-59-33-21-53(22-34-59)77(71(82)65-7-1-2-8-66(65)72(77)83)55-25-37-61(38-26-55)88-45-49-13-17-51(18-14-49)47-90-63-41-29-57(30-42-63)79(75(86)69-11-5-6-12-70(69)76(79)87)58-31-43-64(44-32-58)91-48-52-19-15-50(16-20-52)46-89-62-39-27-56(28-40-62)78(54-23-35-60(81)36-24-54)73(84)67-9-3-4-10-68(67)74(78)85/h1-44,80-81H,45-48H2. The van der Waals surface area contributed by atoms with Crippen molar-refractivity contribution in [3.8, 4) is 34.5 Å². The molecule has 0 fully saturated rings. The largest absolute Gasteiger partial charge is 0.508 e. The lowest BCUT2D eigenvalue weighted by Crippen LogP contribution is -2.39. The molecule has 0 saturated heterocycles. The molecule has 91 heavy (non-hydrogen) atoms. The zero-order valence-corrected chi connectivity index (χ0v) is 48.7. The lowest BCUT2D eigenvalue weighted by molar-refractivity contribution is 0.0814. The van der Waals surface area contributed by atoms with E-state index < -0.39 is 16.2 Å². The molecule has 3 aliphatic carbocycles. The third-order valence-corrected chi connectivity index (χ3v) is 17.7. The first-order valence-electron chi connectivity index (χ1n) is 29.6. The van der Waals surface area contributed by atoms with E-state index in [0.29, 0.717) is 89.8 Å². The number of ketones is 6. The second kappa shape index (κ2) is 23.1. The van der Waals surface area contributed by atoms with E-state index in [1.165, 1.54) is 24.3 Å². The number of aromatic hydroxyl groups is 2. The van der Waals surface area contributed by atoms with Crippen molar-refractivity contribution < 1.29 is 57.9 Å². The van der Waals surface area contributed by atoms with Gasteiger partial charge in [0.25, 0.3) is 0 Å². The number of Topliss-reactive ketones (excluding diaryl/α,β-unsaturated/α-hetero) is 6. The Bertz CT molecular complexity index is 4300. The van der Waals surface area contributed by atoms with Gasteiger partial charge in [0, 0.05) is 33.4 Å². The maximum absolute atomic E-state index is 14.7. The van der Waals surface area contributed by atoms with Gasteiger partial charge in [-0.2, -0.15) is 0 Å². The molecule has 442 valence electrons. The zero-order valence-electron chi connectivity index (χ0n) is 48.7. The highest BCUT2D eigenvalue weighted by Crippen LogP contribution is 2.49. The van der Waals surface area contributed by atoms with E-state index in [-0.39, 0.29) is 72.6 Å². The van der Waals surface area contributed by atoms with Gasteiger partial charge < -0.3 is 29.2 Å². The molecule has 3 aliphatic rings. The predicted molar refractivity (Wildman–Crippen MR) is 340 cm³/mol. The number of hydrogen-bond acceptors (Lipinski definition) is 12. The molecule has 11 aromatic carbocycles. The molecule has 0 aromatic heterocycles. The van der Waals surface area contributed by atoms with Crippen LogP contribution < -0.4 is 18.9 Å². The SMILES string of the molecule is O=C1c2ccccc2C(=O)C1(c1ccc(O)cc1)c1ccc(OCc2ccc(COc3ccc(C4(c5ccc(OCc6ccc(COc7ccc(C8(c9ccc(O)cc9)C(=O)c9ccccc9C8=O)cc7)cc6)cc5)C(=O)c5ccccc5C4=O)cc3)cc2)cc1. The van der Waals surface area contributed by atoms with Crippen molar-refractivity contribution in [2.75, 3.05) is 0 Å². The van der Waals surface area contributed by atoms with E-state index >= 15 is 0 Å². The quantitative estimate of drug-likeness (QED) is 0.0778. The Kier molecular flexibility index (Phi) is 14.5. The molecule has 0 spiro atoms. The fraction of sp³-hybridized carbons (Fsp3) is 0.0886. The van der Waals surface area contributed by atoms with E-state index in [1.54, 1.807) is 194 Å². The van der Waals surface area contributed by atoms with Crippen molar-refractivity contribution in [2.45, 2.75) is 42.7 Å². The Labute approximate surface area is 523 Å². The van der Waals surface area contributed by atoms with Crippen LogP contribution in [0.2, 0.25) is 0 Å². The van der Waals surface area contributed by atoms with Gasteiger partial charge in [-0.25, -0.2) is 0 Å². The highest BCUT2D eigenvalue weighted by molar-refractivity contribution is 6.37. The summed E-state index contributed by atoms with van der Waals surface area (Å²) >= 11 is 0. The predicted octanol–water partition coefficient (Wildman–Crippen LogP) is 14.5. The van der Waals surface area contributed by atoms with E-state index in [1.807, 2.05) is 48.5 Å². The van der Waals surface area contributed by atoms with Crippen LogP contribution in [0.4, 0.5) is 0 Å². The summed E-state index contributed by atoms with van der Waals surface area (Å²) in [6.07, 6.45) is 0. The minimum absolute atomic E-state index is 0.0275. The van der Waals surface area contributed by atoms with Crippen molar-refractivity contribution in [3.05, 3.63) is 356 Å². The van der Waals surface area contributed by atoms with E-state index in [0.717, 1.165) is 22.3 Å². The third-order valence-electron chi connectivity index (χ3n) is 17.7. The lowest BCUT2D eigenvalue weighted by atomic mass is 9.70. The Hall–Kier alpha value is -11.8. The fourth-order valence-electron chi connectivity index (χ4n) is 13.0. The number of carbonyl (C=O) groups is 6. The van der Waals surface area contributed by atoms with Gasteiger partial charge in [0.2, 0.25) is 0 Å². The molecule has 0 radical (unpaired) electrons. The lowest BCUT2D eigenvalue weighted by Gasteiger charge is -2.27. The zero-order chi connectivity index (χ0) is 62.4. The molecule has 0 bridgehead atoms. The molecule has 0 unspecified atom stereocenters. The van der Waals surface area contributed by atoms with Crippen molar-refractivity contribution >= 4 is 34.7 Å². The minimum atomic E-state index is -1.64. The Morgan fingerprint density at radius 2 is 0.385 bits per heavy atom. The number of phenols is 2. The second-order valence-corrected chi connectivity index (χ2v) is 22.8. The first-order valence-corrected chi connectivity index (χ1v) is 29.6. The average molecular weight is 1200 g/mol. The number of carbonyl (C=O) groups excluding carboxylic acids is 6. The molecular weight excluding hydrogens is 1140 g/mol. The molecule has 0 saturated carbocycles. The summed E-state index contributed by atoms with van der Waals surface area (Å²) in [5.41, 5.74) is 3.84. The van der Waals surface area contributed by atoms with Gasteiger partial charge in [-0.15, -0.1) is 0 Å². The van der Waals surface area contributed by atoms with Crippen LogP contribution in [0, 0.1) is 0 Å². The summed E-state index contributed by atoms with van der Waals surface area (Å²) in [7, 11) is 0. The monoisotopic (exact) mass is 1190 g/mol. The molecule has 14 rings (SSSR count). The Morgan fingerprint density at radius 3 is 0.560 bits per heavy atom. The van der Waals surface area contributed by atoms with Crippen molar-refractivity contribution in [2.24, 2.45) is 0 Å². The normalized spacial score (nSPS) is 14.8. The Morgan fingerprint density at radius 1 is 0.220 bits per heavy atom. The van der Waals surface area contributed by atoms with Crippen LogP contribution in [0.5, 0.6) is 34.5 Å². The molecule has 11 aromatic rings. The number of phenolic OH excluding ortho intramolecular Hbond substituents is 2. The first-order chi connectivity index (χ1) is 44.4. The number of rotatable bonds is 18. The van der Waals surface area contributed by atoms with Crippen LogP contribution in [0.3, 0.4) is 0 Å². The van der Waals surface area contributed by atoms with Gasteiger partial charge >= 0.3 is 0 Å². The van der Waals surface area contributed by atoms with E-state index in [4.69, 9.17) is 18.9 Å². The van der Waals surface area contributed by atoms with Crippen molar-refractivity contribution in [1.82, 2.24) is 0 Å². The van der Waals surface area contributed by atoms with Crippen LogP contribution in [-0.2, 0) is 42.7 Å². The number of hydrogen-bond donors (Lipinski definition) is 2.